The van der Waals surface area contributed by atoms with E-state index in [-0.39, 0.29) is 22.9 Å². The van der Waals surface area contributed by atoms with Gasteiger partial charge in [0.05, 0.1) is 12.1 Å². The molecule has 4 heteroatoms. The van der Waals surface area contributed by atoms with Crippen molar-refractivity contribution in [2.24, 2.45) is 11.1 Å². The Bertz CT molecular complexity index is 571. The molecular formula is C15H20FNO2. The number of hydrogen-bond acceptors (Lipinski definition) is 3. The maximum absolute atomic E-state index is 13.6. The van der Waals surface area contributed by atoms with Gasteiger partial charge in [-0.1, -0.05) is 32.9 Å². The molecule has 2 atom stereocenters. The molecule has 1 aromatic heterocycles. The van der Waals surface area contributed by atoms with E-state index in [0.717, 1.165) is 0 Å². The number of para-hydroxylation sites is 1. The molecule has 0 fully saturated rings. The molecule has 2 unspecified atom stereocenters. The van der Waals surface area contributed by atoms with E-state index >= 15 is 0 Å². The molecule has 0 aliphatic carbocycles. The predicted octanol–water partition coefficient (Wildman–Crippen LogP) is 3.63. The maximum Gasteiger partial charge on any atom is 0.169 e. The van der Waals surface area contributed by atoms with Crippen molar-refractivity contribution in [1.82, 2.24) is 0 Å². The minimum atomic E-state index is -0.434. The summed E-state index contributed by atoms with van der Waals surface area (Å²) in [5.74, 6) is 0.169. The van der Waals surface area contributed by atoms with Crippen molar-refractivity contribution in [3.8, 4) is 0 Å². The summed E-state index contributed by atoms with van der Waals surface area (Å²) in [5, 5.41) is 0.717. The van der Waals surface area contributed by atoms with Gasteiger partial charge < -0.3 is 14.9 Å². The summed E-state index contributed by atoms with van der Waals surface area (Å²) in [6.07, 6.45) is -0.212. The van der Waals surface area contributed by atoms with Gasteiger partial charge in [-0.05, 0) is 17.5 Å². The van der Waals surface area contributed by atoms with E-state index in [0.29, 0.717) is 11.1 Å². The highest BCUT2D eigenvalue weighted by Gasteiger charge is 2.33. The number of ether oxygens (including phenoxy) is 1. The number of halogens is 1. The minimum absolute atomic E-state index is 0.133. The van der Waals surface area contributed by atoms with E-state index in [2.05, 4.69) is 0 Å². The second kappa shape index (κ2) is 4.94. The molecule has 19 heavy (non-hydrogen) atoms. The predicted molar refractivity (Wildman–Crippen MR) is 73.4 cm³/mol. The first-order valence-electron chi connectivity index (χ1n) is 6.31. The first-order valence-corrected chi connectivity index (χ1v) is 6.31. The summed E-state index contributed by atoms with van der Waals surface area (Å²) >= 11 is 0. The highest BCUT2D eigenvalue weighted by atomic mass is 19.1. The molecule has 0 saturated heterocycles. The zero-order chi connectivity index (χ0) is 14.2. The summed E-state index contributed by atoms with van der Waals surface area (Å²) < 4.78 is 24.7. The van der Waals surface area contributed by atoms with Crippen LogP contribution in [0.3, 0.4) is 0 Å². The molecule has 2 rings (SSSR count). The van der Waals surface area contributed by atoms with Crippen molar-refractivity contribution in [2.75, 3.05) is 7.11 Å². The lowest BCUT2D eigenvalue weighted by Gasteiger charge is -2.32. The molecular weight excluding hydrogens is 245 g/mol. The number of nitrogens with two attached hydrogens (primary N) is 1. The Morgan fingerprint density at radius 1 is 1.32 bits per heavy atom. The standard InChI is InChI=1S/C15H20FNO2/c1-15(2,3)14(18-4)12(17)11-8-9-6-5-7-10(16)13(9)19-11/h5-8,12,14H,17H2,1-4H3. The Labute approximate surface area is 112 Å². The number of benzene rings is 1. The fraction of sp³-hybridized carbons (Fsp3) is 0.467. The second-order valence-corrected chi connectivity index (χ2v) is 5.86. The first kappa shape index (κ1) is 14.0. The highest BCUT2D eigenvalue weighted by molar-refractivity contribution is 5.78. The largest absolute Gasteiger partial charge is 0.456 e. The number of hydrogen-bond donors (Lipinski definition) is 1. The van der Waals surface area contributed by atoms with Crippen LogP contribution in [0.4, 0.5) is 4.39 Å². The van der Waals surface area contributed by atoms with Crippen LogP contribution in [-0.4, -0.2) is 13.2 Å². The summed E-state index contributed by atoms with van der Waals surface area (Å²) in [6, 6.07) is 6.17. The molecule has 1 aromatic carbocycles. The molecule has 0 aliphatic rings. The SMILES string of the molecule is COC(C(N)c1cc2cccc(F)c2o1)C(C)(C)C. The van der Waals surface area contributed by atoms with E-state index in [4.69, 9.17) is 14.9 Å². The molecule has 0 spiro atoms. The molecule has 2 N–H and O–H groups in total. The van der Waals surface area contributed by atoms with E-state index in [9.17, 15) is 4.39 Å². The lowest BCUT2D eigenvalue weighted by molar-refractivity contribution is -0.00670. The van der Waals surface area contributed by atoms with Gasteiger partial charge in [0.1, 0.15) is 5.76 Å². The number of rotatable bonds is 3. The topological polar surface area (TPSA) is 48.4 Å². The molecule has 2 aromatic rings. The van der Waals surface area contributed by atoms with Gasteiger partial charge in [0.2, 0.25) is 0 Å². The molecule has 0 saturated carbocycles. The summed E-state index contributed by atoms with van der Waals surface area (Å²) in [4.78, 5) is 0. The molecule has 1 heterocycles. The van der Waals surface area contributed by atoms with Gasteiger partial charge in [-0.15, -0.1) is 0 Å². The van der Waals surface area contributed by atoms with Crippen LogP contribution in [-0.2, 0) is 4.74 Å². The van der Waals surface area contributed by atoms with Gasteiger partial charge in [0.15, 0.2) is 11.4 Å². The van der Waals surface area contributed by atoms with E-state index in [1.165, 1.54) is 6.07 Å². The van der Waals surface area contributed by atoms with Crippen molar-refractivity contribution in [3.63, 3.8) is 0 Å². The van der Waals surface area contributed by atoms with Gasteiger partial charge in [0, 0.05) is 12.5 Å². The average molecular weight is 265 g/mol. The Kier molecular flexibility index (Phi) is 3.65. The zero-order valence-electron chi connectivity index (χ0n) is 11.7. The quantitative estimate of drug-likeness (QED) is 0.921. The Balaban J connectivity index is 2.41. The minimum Gasteiger partial charge on any atom is -0.456 e. The van der Waals surface area contributed by atoms with Crippen LogP contribution in [0, 0.1) is 11.2 Å². The zero-order valence-corrected chi connectivity index (χ0v) is 11.7. The summed E-state index contributed by atoms with van der Waals surface area (Å²) in [5.41, 5.74) is 6.32. The number of methoxy groups -OCH3 is 1. The third kappa shape index (κ3) is 2.65. The van der Waals surface area contributed by atoms with Crippen LogP contribution in [0.1, 0.15) is 32.6 Å². The van der Waals surface area contributed by atoms with Crippen molar-refractivity contribution < 1.29 is 13.5 Å². The van der Waals surface area contributed by atoms with Crippen molar-refractivity contribution >= 4 is 11.0 Å². The number of fused-ring (bicyclic) bond motifs is 1. The van der Waals surface area contributed by atoms with Gasteiger partial charge in [-0.3, -0.25) is 0 Å². The smallest absolute Gasteiger partial charge is 0.169 e. The molecule has 0 radical (unpaired) electrons. The lowest BCUT2D eigenvalue weighted by Crippen LogP contribution is -2.38. The first-order chi connectivity index (χ1) is 8.84. The van der Waals surface area contributed by atoms with Gasteiger partial charge >= 0.3 is 0 Å². The maximum atomic E-state index is 13.6. The Morgan fingerprint density at radius 2 is 2.00 bits per heavy atom. The normalized spacial score (nSPS) is 15.7. The van der Waals surface area contributed by atoms with Crippen LogP contribution in [0.2, 0.25) is 0 Å². The lowest BCUT2D eigenvalue weighted by atomic mass is 9.84. The van der Waals surface area contributed by atoms with Crippen molar-refractivity contribution in [1.29, 1.82) is 0 Å². The average Bonchev–Trinajstić information content (AvgIpc) is 2.73. The third-order valence-corrected chi connectivity index (χ3v) is 3.28. The second-order valence-electron chi connectivity index (χ2n) is 5.86. The third-order valence-electron chi connectivity index (χ3n) is 3.28. The molecule has 0 bridgehead atoms. The monoisotopic (exact) mass is 265 g/mol. The van der Waals surface area contributed by atoms with Crippen molar-refractivity contribution in [3.05, 3.63) is 35.8 Å². The van der Waals surface area contributed by atoms with Crippen LogP contribution in [0.15, 0.2) is 28.7 Å². The molecule has 3 nitrogen and oxygen atoms in total. The van der Waals surface area contributed by atoms with Crippen LogP contribution >= 0.6 is 0 Å². The van der Waals surface area contributed by atoms with Gasteiger partial charge in [-0.25, -0.2) is 4.39 Å². The van der Waals surface area contributed by atoms with E-state index < -0.39 is 6.04 Å². The van der Waals surface area contributed by atoms with E-state index in [1.807, 2.05) is 20.8 Å². The Morgan fingerprint density at radius 3 is 2.53 bits per heavy atom. The summed E-state index contributed by atoms with van der Waals surface area (Å²) in [6.45, 7) is 6.14. The number of furan rings is 1. The molecule has 104 valence electrons. The van der Waals surface area contributed by atoms with Crippen LogP contribution < -0.4 is 5.73 Å². The molecule has 0 amide bonds. The molecule has 0 aliphatic heterocycles. The van der Waals surface area contributed by atoms with Crippen LogP contribution in [0.5, 0.6) is 0 Å². The fourth-order valence-electron chi connectivity index (χ4n) is 2.40. The van der Waals surface area contributed by atoms with Gasteiger partial charge in [0.25, 0.3) is 0 Å². The van der Waals surface area contributed by atoms with Crippen molar-refractivity contribution in [2.45, 2.75) is 32.9 Å². The Hall–Kier alpha value is -1.39. The van der Waals surface area contributed by atoms with Crippen LogP contribution in [0.25, 0.3) is 11.0 Å². The highest BCUT2D eigenvalue weighted by Crippen LogP contribution is 2.33. The van der Waals surface area contributed by atoms with Gasteiger partial charge in [-0.2, -0.15) is 0 Å². The summed E-state index contributed by atoms with van der Waals surface area (Å²) in [7, 11) is 1.62. The fourth-order valence-corrected chi connectivity index (χ4v) is 2.40. The van der Waals surface area contributed by atoms with E-state index in [1.54, 1.807) is 25.3 Å².